The second-order valence-electron chi connectivity index (χ2n) is 3.97. The third kappa shape index (κ3) is 3.19. The SMILES string of the molecule is Fc1cc(OCCN2CCCC2)ccc1Br. The van der Waals surface area contributed by atoms with E-state index in [4.69, 9.17) is 4.74 Å². The largest absolute Gasteiger partial charge is 0.492 e. The van der Waals surface area contributed by atoms with Crippen molar-refractivity contribution in [1.29, 1.82) is 0 Å². The number of likely N-dealkylation sites (tertiary alicyclic amines) is 1. The number of halogens is 2. The first-order valence-electron chi connectivity index (χ1n) is 5.56. The Hall–Kier alpha value is -0.610. The van der Waals surface area contributed by atoms with Gasteiger partial charge in [-0.05, 0) is 54.0 Å². The summed E-state index contributed by atoms with van der Waals surface area (Å²) in [7, 11) is 0. The minimum atomic E-state index is -0.279. The normalized spacial score (nSPS) is 16.6. The summed E-state index contributed by atoms with van der Waals surface area (Å²) >= 11 is 3.11. The zero-order valence-corrected chi connectivity index (χ0v) is 10.7. The molecule has 16 heavy (non-hydrogen) atoms. The average Bonchev–Trinajstić information content (AvgIpc) is 2.76. The van der Waals surface area contributed by atoms with Gasteiger partial charge < -0.3 is 4.74 Å². The molecule has 2 nitrogen and oxygen atoms in total. The van der Waals surface area contributed by atoms with Crippen LogP contribution in [-0.2, 0) is 0 Å². The fourth-order valence-corrected chi connectivity index (χ4v) is 2.11. The minimum Gasteiger partial charge on any atom is -0.492 e. The summed E-state index contributed by atoms with van der Waals surface area (Å²) in [5.74, 6) is 0.318. The van der Waals surface area contributed by atoms with Crippen LogP contribution in [0.15, 0.2) is 22.7 Å². The summed E-state index contributed by atoms with van der Waals surface area (Å²) in [6.07, 6.45) is 2.57. The van der Waals surface area contributed by atoms with Crippen molar-refractivity contribution < 1.29 is 9.13 Å². The Balaban J connectivity index is 1.78. The Morgan fingerprint density at radius 1 is 1.31 bits per heavy atom. The van der Waals surface area contributed by atoms with Crippen LogP contribution in [0.2, 0.25) is 0 Å². The van der Waals surface area contributed by atoms with E-state index in [0.717, 1.165) is 19.6 Å². The Bertz CT molecular complexity index is 353. The van der Waals surface area contributed by atoms with E-state index in [0.29, 0.717) is 16.8 Å². The standard InChI is InChI=1S/C12H15BrFNO/c13-11-4-3-10(9-12(11)14)16-8-7-15-5-1-2-6-15/h3-4,9H,1-2,5-8H2. The van der Waals surface area contributed by atoms with Crippen LogP contribution in [0.25, 0.3) is 0 Å². The van der Waals surface area contributed by atoms with Crippen molar-refractivity contribution in [2.75, 3.05) is 26.2 Å². The molecule has 1 aliphatic rings. The van der Waals surface area contributed by atoms with Gasteiger partial charge in [0.2, 0.25) is 0 Å². The van der Waals surface area contributed by atoms with Crippen LogP contribution in [0.3, 0.4) is 0 Å². The maximum Gasteiger partial charge on any atom is 0.141 e. The fraction of sp³-hybridized carbons (Fsp3) is 0.500. The van der Waals surface area contributed by atoms with Crippen LogP contribution < -0.4 is 4.74 Å². The summed E-state index contributed by atoms with van der Waals surface area (Å²) < 4.78 is 19.1. The predicted molar refractivity (Wildman–Crippen MR) is 65.3 cm³/mol. The van der Waals surface area contributed by atoms with Crippen molar-refractivity contribution >= 4 is 15.9 Å². The van der Waals surface area contributed by atoms with E-state index >= 15 is 0 Å². The summed E-state index contributed by atoms with van der Waals surface area (Å²) in [5, 5.41) is 0. The van der Waals surface area contributed by atoms with E-state index in [1.807, 2.05) is 0 Å². The molecule has 0 aliphatic carbocycles. The topological polar surface area (TPSA) is 12.5 Å². The maximum atomic E-state index is 13.2. The third-order valence-electron chi connectivity index (χ3n) is 2.77. The third-order valence-corrected chi connectivity index (χ3v) is 3.41. The van der Waals surface area contributed by atoms with Gasteiger partial charge >= 0.3 is 0 Å². The number of ether oxygens (including phenoxy) is 1. The summed E-state index contributed by atoms with van der Waals surface area (Å²) in [5.41, 5.74) is 0. The molecule has 1 aromatic carbocycles. The minimum absolute atomic E-state index is 0.279. The average molecular weight is 288 g/mol. The van der Waals surface area contributed by atoms with Gasteiger partial charge in [0, 0.05) is 12.6 Å². The van der Waals surface area contributed by atoms with Crippen LogP contribution in [0.1, 0.15) is 12.8 Å². The lowest BCUT2D eigenvalue weighted by atomic mass is 10.3. The maximum absolute atomic E-state index is 13.2. The smallest absolute Gasteiger partial charge is 0.141 e. The summed E-state index contributed by atoms with van der Waals surface area (Å²) in [6, 6.07) is 4.85. The van der Waals surface area contributed by atoms with Crippen molar-refractivity contribution in [2.45, 2.75) is 12.8 Å². The second-order valence-corrected chi connectivity index (χ2v) is 4.83. The molecule has 1 aromatic rings. The van der Waals surface area contributed by atoms with Gasteiger partial charge in [0.25, 0.3) is 0 Å². The first-order valence-corrected chi connectivity index (χ1v) is 6.35. The van der Waals surface area contributed by atoms with Crippen LogP contribution in [0.5, 0.6) is 5.75 Å². The molecule has 1 fully saturated rings. The summed E-state index contributed by atoms with van der Waals surface area (Å²) in [4.78, 5) is 2.37. The van der Waals surface area contributed by atoms with Gasteiger partial charge in [-0.25, -0.2) is 4.39 Å². The highest BCUT2D eigenvalue weighted by Gasteiger charge is 2.10. The van der Waals surface area contributed by atoms with Gasteiger partial charge in [-0.15, -0.1) is 0 Å². The fourth-order valence-electron chi connectivity index (χ4n) is 1.87. The van der Waals surface area contributed by atoms with Crippen LogP contribution in [-0.4, -0.2) is 31.1 Å². The quantitative estimate of drug-likeness (QED) is 0.844. The second kappa shape index (κ2) is 5.64. The van der Waals surface area contributed by atoms with E-state index in [9.17, 15) is 4.39 Å². The van der Waals surface area contributed by atoms with E-state index in [-0.39, 0.29) is 5.82 Å². The molecule has 4 heteroatoms. The van der Waals surface area contributed by atoms with Gasteiger partial charge in [-0.3, -0.25) is 4.90 Å². The van der Waals surface area contributed by atoms with Crippen molar-refractivity contribution in [3.05, 3.63) is 28.5 Å². The Morgan fingerprint density at radius 3 is 2.75 bits per heavy atom. The molecular formula is C12H15BrFNO. The molecule has 1 aliphatic heterocycles. The van der Waals surface area contributed by atoms with Gasteiger partial charge in [0.1, 0.15) is 18.2 Å². The molecule has 0 atom stereocenters. The molecule has 1 heterocycles. The first kappa shape index (κ1) is 11.9. The number of rotatable bonds is 4. The molecule has 0 amide bonds. The highest BCUT2D eigenvalue weighted by atomic mass is 79.9. The zero-order valence-electron chi connectivity index (χ0n) is 9.09. The van der Waals surface area contributed by atoms with E-state index in [2.05, 4.69) is 20.8 Å². The van der Waals surface area contributed by atoms with E-state index < -0.39 is 0 Å². The number of hydrogen-bond acceptors (Lipinski definition) is 2. The predicted octanol–water partition coefficient (Wildman–Crippen LogP) is 3.06. The molecule has 0 bridgehead atoms. The lowest BCUT2D eigenvalue weighted by molar-refractivity contribution is 0.237. The summed E-state index contributed by atoms with van der Waals surface area (Å²) in [6.45, 7) is 3.88. The Labute approximate surface area is 104 Å². The molecule has 0 radical (unpaired) electrons. The molecule has 2 rings (SSSR count). The Morgan fingerprint density at radius 2 is 2.06 bits per heavy atom. The van der Waals surface area contributed by atoms with Crippen molar-refractivity contribution in [1.82, 2.24) is 4.90 Å². The van der Waals surface area contributed by atoms with Gasteiger partial charge in [-0.2, -0.15) is 0 Å². The Kier molecular flexibility index (Phi) is 4.18. The zero-order chi connectivity index (χ0) is 11.4. The number of benzene rings is 1. The first-order chi connectivity index (χ1) is 7.75. The molecule has 0 N–H and O–H groups in total. The molecule has 0 saturated carbocycles. The lowest BCUT2D eigenvalue weighted by Crippen LogP contribution is -2.25. The van der Waals surface area contributed by atoms with Crippen LogP contribution in [0, 0.1) is 5.82 Å². The number of nitrogens with zero attached hydrogens (tertiary/aromatic N) is 1. The van der Waals surface area contributed by atoms with Crippen molar-refractivity contribution in [3.63, 3.8) is 0 Å². The lowest BCUT2D eigenvalue weighted by Gasteiger charge is -2.14. The molecular weight excluding hydrogens is 273 g/mol. The van der Waals surface area contributed by atoms with E-state index in [1.54, 1.807) is 12.1 Å². The van der Waals surface area contributed by atoms with Crippen LogP contribution in [0.4, 0.5) is 4.39 Å². The highest BCUT2D eigenvalue weighted by molar-refractivity contribution is 9.10. The van der Waals surface area contributed by atoms with Crippen LogP contribution >= 0.6 is 15.9 Å². The number of hydrogen-bond donors (Lipinski definition) is 0. The highest BCUT2D eigenvalue weighted by Crippen LogP contribution is 2.20. The van der Waals surface area contributed by atoms with Gasteiger partial charge in [0.15, 0.2) is 0 Å². The monoisotopic (exact) mass is 287 g/mol. The molecule has 1 saturated heterocycles. The molecule has 0 unspecified atom stereocenters. The molecule has 0 spiro atoms. The van der Waals surface area contributed by atoms with Gasteiger partial charge in [0.05, 0.1) is 4.47 Å². The molecule has 88 valence electrons. The van der Waals surface area contributed by atoms with E-state index in [1.165, 1.54) is 18.9 Å². The molecule has 0 aromatic heterocycles. The van der Waals surface area contributed by atoms with Gasteiger partial charge in [-0.1, -0.05) is 0 Å². The van der Waals surface area contributed by atoms with Crippen molar-refractivity contribution in [2.24, 2.45) is 0 Å². The van der Waals surface area contributed by atoms with Crippen molar-refractivity contribution in [3.8, 4) is 5.75 Å².